The van der Waals surface area contributed by atoms with Gasteiger partial charge in [-0.3, -0.25) is 9.59 Å². The van der Waals surface area contributed by atoms with Gasteiger partial charge in [-0.1, -0.05) is 48.5 Å². The van der Waals surface area contributed by atoms with Crippen molar-refractivity contribution in [2.75, 3.05) is 40.6 Å². The third-order valence-corrected chi connectivity index (χ3v) is 14.2. The summed E-state index contributed by atoms with van der Waals surface area (Å²) in [6, 6.07) is 19.2. The molecule has 0 bridgehead atoms. The van der Waals surface area contributed by atoms with Crippen molar-refractivity contribution in [2.24, 2.45) is 11.8 Å². The molecule has 4 fully saturated rings. The quantitative estimate of drug-likeness (QED) is 0.102. The van der Waals surface area contributed by atoms with Crippen LogP contribution in [0.15, 0.2) is 73.1 Å². The Morgan fingerprint density at radius 2 is 0.985 bits per heavy atom. The molecule has 4 aliphatic heterocycles. The summed E-state index contributed by atoms with van der Waals surface area (Å²) in [5.41, 5.74) is 5.67. The van der Waals surface area contributed by atoms with Gasteiger partial charge in [0.25, 0.3) is 0 Å². The molecule has 66 heavy (non-hydrogen) atoms. The number of rotatable bonds is 11. The normalized spacial score (nSPS) is 22.5. The fourth-order valence-corrected chi connectivity index (χ4v) is 10.5. The maximum atomic E-state index is 14.2. The largest absolute Gasteiger partial charge is 0.453 e. The second-order valence-corrected chi connectivity index (χ2v) is 18.2. The predicted octanol–water partition coefficient (Wildman–Crippen LogP) is 7.69. The Morgan fingerprint density at radius 1 is 0.576 bits per heavy atom. The molecule has 6 heterocycles. The van der Waals surface area contributed by atoms with Crippen molar-refractivity contribution in [3.8, 4) is 33.6 Å². The topological polar surface area (TPSA) is 193 Å². The number of carbonyl (C=O) groups is 4. The molecule has 4 amide bonds. The number of likely N-dealkylation sites (tertiary alicyclic amines) is 2. The molecule has 4 saturated heterocycles. The van der Waals surface area contributed by atoms with E-state index in [0.29, 0.717) is 52.1 Å². The molecule has 4 N–H and O–H groups in total. The zero-order chi connectivity index (χ0) is 45.9. The van der Waals surface area contributed by atoms with Crippen molar-refractivity contribution < 1.29 is 38.1 Å². The SMILES string of the molecule is COC(=O)N[C@H](C(=O)N1[C@H](C)CC[C@H]1c1nc(-c2ccc(-c3ccc4cc(-c5c[nH]c([C@@H]6CC[C@@H](C)N6C(=O)[C@@H](NC(=O)OC)C6CCOCC6)n5)ccc4c3)cc2)c[nH]1)C1CCOCC1. The zero-order valence-electron chi connectivity index (χ0n) is 38.1. The van der Waals surface area contributed by atoms with Crippen LogP contribution < -0.4 is 10.6 Å². The van der Waals surface area contributed by atoms with Gasteiger partial charge in [0.05, 0.1) is 37.7 Å². The highest BCUT2D eigenvalue weighted by molar-refractivity contribution is 5.91. The van der Waals surface area contributed by atoms with Crippen LogP contribution in [0, 0.1) is 11.8 Å². The van der Waals surface area contributed by atoms with Crippen LogP contribution in [0.25, 0.3) is 44.4 Å². The van der Waals surface area contributed by atoms with E-state index >= 15 is 0 Å². The van der Waals surface area contributed by atoms with E-state index in [1.807, 2.05) is 22.2 Å². The van der Waals surface area contributed by atoms with Crippen molar-refractivity contribution in [3.63, 3.8) is 0 Å². The number of methoxy groups -OCH3 is 2. The lowest BCUT2D eigenvalue weighted by Gasteiger charge is -2.36. The van der Waals surface area contributed by atoms with Gasteiger partial charge < -0.3 is 49.3 Å². The van der Waals surface area contributed by atoms with Crippen LogP contribution >= 0.6 is 0 Å². The highest BCUT2D eigenvalue weighted by Crippen LogP contribution is 2.40. The van der Waals surface area contributed by atoms with Gasteiger partial charge >= 0.3 is 12.2 Å². The average molecular weight is 901 g/mol. The number of benzene rings is 3. The van der Waals surface area contributed by atoms with Crippen molar-refractivity contribution in [3.05, 3.63) is 84.7 Å². The summed E-state index contributed by atoms with van der Waals surface area (Å²) < 4.78 is 20.9. The molecule has 0 spiro atoms. The minimum absolute atomic E-state index is 0.0136. The van der Waals surface area contributed by atoms with Gasteiger partial charge in [-0.2, -0.15) is 0 Å². The summed E-state index contributed by atoms with van der Waals surface area (Å²) in [6.45, 7) is 6.32. The van der Waals surface area contributed by atoms with Gasteiger partial charge in [0.15, 0.2) is 0 Å². The fourth-order valence-electron chi connectivity index (χ4n) is 10.5. The van der Waals surface area contributed by atoms with Crippen LogP contribution in [0.3, 0.4) is 0 Å². The van der Waals surface area contributed by atoms with E-state index in [0.717, 1.165) is 81.7 Å². The summed E-state index contributed by atoms with van der Waals surface area (Å²) in [7, 11) is 2.63. The van der Waals surface area contributed by atoms with Crippen molar-refractivity contribution in [1.29, 1.82) is 0 Å². The van der Waals surface area contributed by atoms with Crippen LogP contribution in [-0.4, -0.2) is 119 Å². The van der Waals surface area contributed by atoms with E-state index in [4.69, 9.17) is 28.9 Å². The Kier molecular flexibility index (Phi) is 13.4. The first-order valence-electron chi connectivity index (χ1n) is 23.3. The van der Waals surface area contributed by atoms with Crippen LogP contribution in [0.2, 0.25) is 0 Å². The van der Waals surface area contributed by atoms with E-state index in [2.05, 4.69) is 95.1 Å². The number of aromatic nitrogens is 4. The number of fused-ring (bicyclic) bond motifs is 1. The maximum Gasteiger partial charge on any atom is 0.407 e. The number of nitrogens with zero attached hydrogens (tertiary/aromatic N) is 4. The third-order valence-electron chi connectivity index (χ3n) is 14.2. The van der Waals surface area contributed by atoms with Gasteiger partial charge in [-0.15, -0.1) is 0 Å². The number of ether oxygens (including phenoxy) is 4. The van der Waals surface area contributed by atoms with Crippen LogP contribution in [0.5, 0.6) is 0 Å². The number of hydrogen-bond acceptors (Lipinski definition) is 10. The molecule has 2 aromatic heterocycles. The maximum absolute atomic E-state index is 14.2. The Hall–Kier alpha value is -6.26. The molecular weight excluding hydrogens is 841 g/mol. The van der Waals surface area contributed by atoms with E-state index in [1.165, 1.54) is 14.2 Å². The summed E-state index contributed by atoms with van der Waals surface area (Å²) in [4.78, 5) is 73.8. The number of carbonyl (C=O) groups excluding carboxylic acids is 4. The lowest BCUT2D eigenvalue weighted by Crippen LogP contribution is -2.54. The molecule has 0 unspecified atom stereocenters. The number of hydrogen-bond donors (Lipinski definition) is 4. The Labute approximate surface area is 384 Å². The molecule has 5 aromatic rings. The lowest BCUT2D eigenvalue weighted by molar-refractivity contribution is -0.139. The third kappa shape index (κ3) is 9.25. The second kappa shape index (κ2) is 19.7. The van der Waals surface area contributed by atoms with Crippen LogP contribution in [0.1, 0.15) is 88.9 Å². The molecule has 16 nitrogen and oxygen atoms in total. The molecule has 0 radical (unpaired) electrons. The molecule has 0 aliphatic carbocycles. The standard InChI is InChI=1S/C50H60N8O8/c1-29-5-15-41(57(29)47(59)43(55-49(61)63-3)33-17-21-65-22-18-33)45-51-27-39(53-45)32-9-7-31(8-10-32)35-11-12-37-26-38(14-13-36(37)25-35)40-28-52-46(54-40)42-16-6-30(2)58(42)48(60)44(56-50(62)64-4)34-19-23-66-24-20-34/h7-14,25-30,33-34,41-44H,5-6,15-24H2,1-4H3,(H,51,53)(H,52,54)(H,55,61)(H,56,62)/t29-,30-,41+,42+,43+,44+/m1/s1. The average Bonchev–Trinajstić information content (AvgIpc) is 4.19. The highest BCUT2D eigenvalue weighted by Gasteiger charge is 2.44. The molecule has 0 saturated carbocycles. The number of nitrogens with one attached hydrogen (secondary N) is 4. The number of alkyl carbamates (subject to hydrolysis) is 2. The van der Waals surface area contributed by atoms with Crippen molar-refractivity contribution in [2.45, 2.75) is 101 Å². The molecule has 348 valence electrons. The number of imidazole rings is 2. The molecule has 16 heteroatoms. The molecule has 4 aliphatic rings. The molecule has 9 rings (SSSR count). The van der Waals surface area contributed by atoms with Gasteiger partial charge in [0, 0.05) is 62.0 Å². The van der Waals surface area contributed by atoms with Gasteiger partial charge in [0.2, 0.25) is 11.8 Å². The van der Waals surface area contributed by atoms with Crippen molar-refractivity contribution >= 4 is 34.8 Å². The first-order chi connectivity index (χ1) is 32.1. The van der Waals surface area contributed by atoms with Gasteiger partial charge in [-0.25, -0.2) is 19.6 Å². The van der Waals surface area contributed by atoms with E-state index in [1.54, 1.807) is 0 Å². The highest BCUT2D eigenvalue weighted by atomic mass is 16.5. The summed E-state index contributed by atoms with van der Waals surface area (Å²) in [6.07, 6.45) is 8.51. The van der Waals surface area contributed by atoms with Crippen LogP contribution in [0.4, 0.5) is 9.59 Å². The van der Waals surface area contributed by atoms with Gasteiger partial charge in [-0.05, 0) is 111 Å². The minimum atomic E-state index is -0.703. The zero-order valence-corrected chi connectivity index (χ0v) is 38.1. The predicted molar refractivity (Wildman–Crippen MR) is 247 cm³/mol. The summed E-state index contributed by atoms with van der Waals surface area (Å²) in [5.74, 6) is 1.14. The fraction of sp³-hybridized carbons (Fsp3) is 0.480. The Bertz CT molecular complexity index is 2530. The molecular formula is C50H60N8O8. The van der Waals surface area contributed by atoms with Gasteiger partial charge in [0.1, 0.15) is 23.7 Å². The number of aromatic amines is 2. The Balaban J connectivity index is 0.876. The number of amides is 4. The van der Waals surface area contributed by atoms with E-state index < -0.39 is 24.3 Å². The second-order valence-electron chi connectivity index (χ2n) is 18.2. The van der Waals surface area contributed by atoms with Crippen molar-refractivity contribution in [1.82, 2.24) is 40.4 Å². The van der Waals surface area contributed by atoms with Crippen LogP contribution in [-0.2, 0) is 28.5 Å². The Morgan fingerprint density at radius 3 is 1.45 bits per heavy atom. The molecule has 6 atom stereocenters. The van der Waals surface area contributed by atoms with E-state index in [9.17, 15) is 19.2 Å². The lowest BCUT2D eigenvalue weighted by atomic mass is 9.90. The number of H-pyrrole nitrogens is 2. The monoisotopic (exact) mass is 900 g/mol. The minimum Gasteiger partial charge on any atom is -0.453 e. The first kappa shape index (κ1) is 44.9. The molecule has 3 aromatic carbocycles. The summed E-state index contributed by atoms with van der Waals surface area (Å²) in [5, 5.41) is 7.85. The first-order valence-corrected chi connectivity index (χ1v) is 23.3. The summed E-state index contributed by atoms with van der Waals surface area (Å²) >= 11 is 0. The smallest absolute Gasteiger partial charge is 0.407 e. The van der Waals surface area contributed by atoms with E-state index in [-0.39, 0.29) is 47.8 Å².